The lowest BCUT2D eigenvalue weighted by atomic mass is 10.2. The number of primary amides is 1. The van der Waals surface area contributed by atoms with Crippen LogP contribution in [0.3, 0.4) is 0 Å². The smallest absolute Gasteiger partial charge is 0.422 e. The van der Waals surface area contributed by atoms with Crippen LogP contribution in [0, 0.1) is 13.8 Å². The standard InChI is InChI=1S/C26H23F3N5O4S/c1-3-33(18-10-8-17(9-11-18)23(30)35)25(36)34-21-7-5-4-6-19(21)32-24(34)39(37)14-20-16(2)22(12-13-31-20)38-15-26(27,28)29/h4-13H,1,3,14-15H2,2H3,(H2,30,35)/t39-/m1/s1. The Hall–Kier alpha value is -4.10. The van der Waals surface area contributed by atoms with Gasteiger partial charge in [0.15, 0.2) is 12.4 Å². The Morgan fingerprint density at radius 3 is 2.49 bits per heavy atom. The van der Waals surface area contributed by atoms with Crippen LogP contribution in [0.1, 0.15) is 21.6 Å². The molecule has 0 spiro atoms. The number of nitrogens with two attached hydrogens (primary N) is 1. The summed E-state index contributed by atoms with van der Waals surface area (Å²) in [5.41, 5.74) is 7.31. The molecule has 0 bridgehead atoms. The van der Waals surface area contributed by atoms with E-state index >= 15 is 0 Å². The van der Waals surface area contributed by atoms with Crippen molar-refractivity contribution in [3.63, 3.8) is 0 Å². The Morgan fingerprint density at radius 2 is 1.85 bits per heavy atom. The molecular formula is C26H23F3N5O4S. The highest BCUT2D eigenvalue weighted by Crippen LogP contribution is 2.28. The number of halogens is 3. The van der Waals surface area contributed by atoms with E-state index in [1.54, 1.807) is 36.4 Å². The second-order valence-electron chi connectivity index (χ2n) is 8.34. The monoisotopic (exact) mass is 558 g/mol. The van der Waals surface area contributed by atoms with Gasteiger partial charge < -0.3 is 15.0 Å². The highest BCUT2D eigenvalue weighted by Gasteiger charge is 2.31. The number of hydrogen-bond donors (Lipinski definition) is 1. The first-order valence-electron chi connectivity index (χ1n) is 11.5. The van der Waals surface area contributed by atoms with Crippen molar-refractivity contribution in [2.24, 2.45) is 5.73 Å². The quantitative estimate of drug-likeness (QED) is 0.320. The number of carbonyl (C=O) groups excluding carboxylic acids is 2. The average molecular weight is 559 g/mol. The van der Waals surface area contributed by atoms with Gasteiger partial charge in [-0.25, -0.2) is 9.36 Å². The van der Waals surface area contributed by atoms with Gasteiger partial charge in [-0.1, -0.05) is 12.1 Å². The molecule has 4 aromatic rings. The number of hydrogen-bond acceptors (Lipinski definition) is 6. The minimum Gasteiger partial charge on any atom is -0.609 e. The van der Waals surface area contributed by atoms with Gasteiger partial charge in [0.2, 0.25) is 5.91 Å². The van der Waals surface area contributed by atoms with Crippen molar-refractivity contribution in [3.05, 3.63) is 84.5 Å². The van der Waals surface area contributed by atoms with Gasteiger partial charge in [0, 0.05) is 40.7 Å². The molecule has 2 amide bonds. The van der Waals surface area contributed by atoms with Crippen LogP contribution in [-0.4, -0.2) is 50.4 Å². The van der Waals surface area contributed by atoms with Crippen molar-refractivity contribution < 1.29 is 32.0 Å². The van der Waals surface area contributed by atoms with Crippen LogP contribution in [0.15, 0.2) is 66.0 Å². The van der Waals surface area contributed by atoms with Crippen molar-refractivity contribution in [3.8, 4) is 5.75 Å². The van der Waals surface area contributed by atoms with Crippen LogP contribution < -0.4 is 15.4 Å². The van der Waals surface area contributed by atoms with Gasteiger partial charge in [0.05, 0.1) is 16.7 Å². The van der Waals surface area contributed by atoms with E-state index in [1.807, 2.05) is 0 Å². The number of rotatable bonds is 8. The van der Waals surface area contributed by atoms with E-state index in [1.165, 1.54) is 40.8 Å². The third kappa shape index (κ3) is 6.15. The van der Waals surface area contributed by atoms with Crippen LogP contribution >= 0.6 is 0 Å². The molecule has 0 unspecified atom stereocenters. The molecule has 0 saturated carbocycles. The average Bonchev–Trinajstić information content (AvgIpc) is 3.29. The van der Waals surface area contributed by atoms with Crippen LogP contribution in [-0.2, 0) is 16.9 Å². The lowest BCUT2D eigenvalue weighted by Crippen LogP contribution is -2.36. The maximum absolute atomic E-state index is 13.8. The summed E-state index contributed by atoms with van der Waals surface area (Å²) in [4.78, 5) is 35.1. The largest absolute Gasteiger partial charge is 0.609 e. The third-order valence-electron chi connectivity index (χ3n) is 5.76. The zero-order valence-electron chi connectivity index (χ0n) is 20.6. The molecule has 2 N–H and O–H groups in total. The fourth-order valence-corrected chi connectivity index (χ4v) is 5.06. The van der Waals surface area contributed by atoms with E-state index in [0.29, 0.717) is 16.7 Å². The molecule has 2 aromatic heterocycles. The highest BCUT2D eigenvalue weighted by atomic mass is 32.2. The summed E-state index contributed by atoms with van der Waals surface area (Å²) >= 11 is -1.94. The lowest BCUT2D eigenvalue weighted by molar-refractivity contribution is -0.153. The number of anilines is 1. The molecule has 1 radical (unpaired) electrons. The number of imidazole rings is 1. The Morgan fingerprint density at radius 1 is 1.15 bits per heavy atom. The normalized spacial score (nSPS) is 12.4. The van der Waals surface area contributed by atoms with Crippen LogP contribution in [0.4, 0.5) is 23.7 Å². The van der Waals surface area contributed by atoms with Gasteiger partial charge in [0.1, 0.15) is 5.75 Å². The van der Waals surface area contributed by atoms with Crippen molar-refractivity contribution >= 4 is 39.8 Å². The van der Waals surface area contributed by atoms with E-state index in [2.05, 4.69) is 16.9 Å². The zero-order valence-corrected chi connectivity index (χ0v) is 21.5. The molecule has 1 atom stereocenters. The minimum atomic E-state index is -4.52. The molecule has 4 rings (SSSR count). The van der Waals surface area contributed by atoms with Crippen molar-refractivity contribution in [1.82, 2.24) is 14.5 Å². The number of nitrogens with zero attached hydrogens (tertiary/aromatic N) is 4. The molecule has 0 aliphatic heterocycles. The van der Waals surface area contributed by atoms with Crippen LogP contribution in [0.2, 0.25) is 0 Å². The summed E-state index contributed by atoms with van der Waals surface area (Å²) < 4.78 is 57.6. The fraction of sp³-hybridized carbons (Fsp3) is 0.192. The van der Waals surface area contributed by atoms with E-state index in [0.717, 1.165) is 0 Å². The number of pyridine rings is 1. The molecule has 0 fully saturated rings. The predicted molar refractivity (Wildman–Crippen MR) is 139 cm³/mol. The molecule has 39 heavy (non-hydrogen) atoms. The summed E-state index contributed by atoms with van der Waals surface area (Å²) in [6.45, 7) is 3.86. The molecule has 13 heteroatoms. The van der Waals surface area contributed by atoms with Gasteiger partial charge in [-0.15, -0.1) is 0 Å². The summed E-state index contributed by atoms with van der Waals surface area (Å²) in [5, 5.41) is -0.0729. The molecular weight excluding hydrogens is 535 g/mol. The number of alkyl halides is 3. The Labute approximate surface area is 224 Å². The molecule has 203 valence electrons. The Balaban J connectivity index is 1.69. The maximum Gasteiger partial charge on any atom is 0.422 e. The fourth-order valence-electron chi connectivity index (χ4n) is 3.81. The first-order valence-corrected chi connectivity index (χ1v) is 12.8. The lowest BCUT2D eigenvalue weighted by Gasteiger charge is -2.22. The van der Waals surface area contributed by atoms with Gasteiger partial charge in [-0.05, 0) is 56.3 Å². The second kappa shape index (κ2) is 11.3. The highest BCUT2D eigenvalue weighted by molar-refractivity contribution is 7.90. The van der Waals surface area contributed by atoms with Crippen molar-refractivity contribution in [2.75, 3.05) is 18.1 Å². The van der Waals surface area contributed by atoms with Crippen molar-refractivity contribution in [1.29, 1.82) is 0 Å². The number of aromatic nitrogens is 3. The second-order valence-corrected chi connectivity index (χ2v) is 9.68. The number of fused-ring (bicyclic) bond motifs is 1. The SMILES string of the molecule is [CH2]CN(C(=O)n1c([S@+]([O-])Cc2nccc(OCC(F)(F)F)c2C)nc2ccccc21)c1ccc(C(N)=O)cc1. The van der Waals surface area contributed by atoms with Crippen molar-refractivity contribution in [2.45, 2.75) is 24.0 Å². The topological polar surface area (TPSA) is 126 Å². The maximum atomic E-state index is 13.8. The van der Waals surface area contributed by atoms with E-state index < -0.39 is 35.9 Å². The Bertz CT molecular complexity index is 1510. The molecule has 0 saturated heterocycles. The number of benzene rings is 2. The van der Waals surface area contributed by atoms with Crippen LogP contribution in [0.25, 0.3) is 11.0 Å². The third-order valence-corrected chi connectivity index (χ3v) is 6.98. The molecule has 2 aromatic carbocycles. The molecule has 9 nitrogen and oxygen atoms in total. The van der Waals surface area contributed by atoms with Gasteiger partial charge >= 0.3 is 17.4 Å². The first-order chi connectivity index (χ1) is 18.5. The summed E-state index contributed by atoms with van der Waals surface area (Å²) in [6, 6.07) is 13.4. The summed E-state index contributed by atoms with van der Waals surface area (Å²) in [5.74, 6) is -0.894. The van der Waals surface area contributed by atoms with Gasteiger partial charge in [0.25, 0.3) is 0 Å². The number of ether oxygens (including phenoxy) is 1. The number of carbonyl (C=O) groups is 2. The zero-order chi connectivity index (χ0) is 28.3. The number of amides is 2. The molecule has 0 aliphatic carbocycles. The summed E-state index contributed by atoms with van der Waals surface area (Å²) in [7, 11) is 0. The number of para-hydroxylation sites is 2. The molecule has 0 aliphatic rings. The van der Waals surface area contributed by atoms with Gasteiger partial charge in [-0.2, -0.15) is 18.2 Å². The predicted octanol–water partition coefficient (Wildman–Crippen LogP) is 4.40. The molecule has 2 heterocycles. The van der Waals surface area contributed by atoms with Gasteiger partial charge in [-0.3, -0.25) is 14.7 Å². The Kier molecular flexibility index (Phi) is 8.11. The van der Waals surface area contributed by atoms with E-state index in [9.17, 15) is 27.3 Å². The van der Waals surface area contributed by atoms with Crippen LogP contribution in [0.5, 0.6) is 5.75 Å². The van der Waals surface area contributed by atoms with E-state index in [4.69, 9.17) is 10.5 Å². The summed E-state index contributed by atoms with van der Waals surface area (Å²) in [6.07, 6.45) is -3.26. The minimum absolute atomic E-state index is 0.00735. The first kappa shape index (κ1) is 27.9. The van der Waals surface area contributed by atoms with E-state index in [-0.39, 0.29) is 40.0 Å².